The molecule has 1 aliphatic heterocycles. The van der Waals surface area contributed by atoms with Gasteiger partial charge in [-0.15, -0.1) is 0 Å². The van der Waals surface area contributed by atoms with E-state index in [1.165, 1.54) is 5.56 Å². The third-order valence-electron chi connectivity index (χ3n) is 3.21. The van der Waals surface area contributed by atoms with Gasteiger partial charge < -0.3 is 10.6 Å². The van der Waals surface area contributed by atoms with Crippen LogP contribution in [0.25, 0.3) is 0 Å². The Balaban J connectivity index is 2.25. The Morgan fingerprint density at radius 3 is 2.82 bits per heavy atom. The zero-order valence-electron chi connectivity index (χ0n) is 10.1. The molecule has 1 heterocycles. The van der Waals surface area contributed by atoms with Gasteiger partial charge in [-0.05, 0) is 36.1 Å². The molecular weight excluding hydrogens is 280 g/mol. The standard InChI is InChI=1S/C13H17BrN2O/c1-8(2)12(15)13(17)16-6-5-9-7-10(14)3-4-11(9)16/h3-4,7-8,12H,5-6,15H2,1-2H3/t12-/m0/s1. The normalized spacial score (nSPS) is 16.2. The van der Waals surface area contributed by atoms with E-state index >= 15 is 0 Å². The molecule has 1 aliphatic rings. The van der Waals surface area contributed by atoms with Gasteiger partial charge >= 0.3 is 0 Å². The lowest BCUT2D eigenvalue weighted by Gasteiger charge is -2.23. The van der Waals surface area contributed by atoms with Gasteiger partial charge in [-0.1, -0.05) is 29.8 Å². The molecule has 2 rings (SSSR count). The Hall–Kier alpha value is -0.870. The van der Waals surface area contributed by atoms with Crippen molar-refractivity contribution in [1.29, 1.82) is 0 Å². The molecule has 1 atom stereocenters. The van der Waals surface area contributed by atoms with Gasteiger partial charge in [0.1, 0.15) is 0 Å². The highest BCUT2D eigenvalue weighted by atomic mass is 79.9. The van der Waals surface area contributed by atoms with Crippen LogP contribution in [0.2, 0.25) is 0 Å². The minimum atomic E-state index is -0.412. The molecule has 3 nitrogen and oxygen atoms in total. The van der Waals surface area contributed by atoms with Gasteiger partial charge in [0.25, 0.3) is 0 Å². The predicted octanol–water partition coefficient (Wildman–Crippen LogP) is 2.32. The molecule has 0 radical (unpaired) electrons. The maximum atomic E-state index is 12.2. The van der Waals surface area contributed by atoms with Crippen molar-refractivity contribution in [2.24, 2.45) is 11.7 Å². The molecule has 17 heavy (non-hydrogen) atoms. The highest BCUT2D eigenvalue weighted by molar-refractivity contribution is 9.10. The highest BCUT2D eigenvalue weighted by Crippen LogP contribution is 2.31. The number of fused-ring (bicyclic) bond motifs is 1. The first kappa shape index (κ1) is 12.6. The van der Waals surface area contributed by atoms with Crippen LogP contribution in [0.3, 0.4) is 0 Å². The molecule has 0 aliphatic carbocycles. The first-order valence-electron chi connectivity index (χ1n) is 5.86. The van der Waals surface area contributed by atoms with Crippen molar-refractivity contribution in [2.45, 2.75) is 26.3 Å². The first-order chi connectivity index (χ1) is 8.00. The summed E-state index contributed by atoms with van der Waals surface area (Å²) in [5.41, 5.74) is 8.15. The maximum Gasteiger partial charge on any atom is 0.244 e. The molecule has 1 aromatic carbocycles. The Morgan fingerprint density at radius 2 is 2.18 bits per heavy atom. The topological polar surface area (TPSA) is 46.3 Å². The quantitative estimate of drug-likeness (QED) is 0.910. The van der Waals surface area contributed by atoms with Crippen LogP contribution in [-0.4, -0.2) is 18.5 Å². The number of carbonyl (C=O) groups is 1. The SMILES string of the molecule is CC(C)[C@H](N)C(=O)N1CCc2cc(Br)ccc21. The third kappa shape index (κ3) is 2.38. The Kier molecular flexibility index (Phi) is 3.54. The van der Waals surface area contributed by atoms with Crippen LogP contribution in [0, 0.1) is 5.92 Å². The molecule has 0 bridgehead atoms. The summed E-state index contributed by atoms with van der Waals surface area (Å²) in [6.07, 6.45) is 0.908. The number of rotatable bonds is 2. The van der Waals surface area contributed by atoms with E-state index < -0.39 is 6.04 Å². The summed E-state index contributed by atoms with van der Waals surface area (Å²) in [4.78, 5) is 14.0. The van der Waals surface area contributed by atoms with E-state index in [1.807, 2.05) is 30.9 Å². The van der Waals surface area contributed by atoms with Gasteiger partial charge in [0.2, 0.25) is 5.91 Å². The number of hydrogen-bond donors (Lipinski definition) is 1. The molecule has 2 N–H and O–H groups in total. The minimum absolute atomic E-state index is 0.0288. The number of carbonyl (C=O) groups excluding carboxylic acids is 1. The number of amides is 1. The van der Waals surface area contributed by atoms with Crippen molar-refractivity contribution in [3.8, 4) is 0 Å². The van der Waals surface area contributed by atoms with Crippen LogP contribution in [0.5, 0.6) is 0 Å². The maximum absolute atomic E-state index is 12.2. The summed E-state index contributed by atoms with van der Waals surface area (Å²) in [5, 5.41) is 0. The second kappa shape index (κ2) is 4.78. The van der Waals surface area contributed by atoms with Gasteiger partial charge in [-0.3, -0.25) is 4.79 Å². The van der Waals surface area contributed by atoms with Crippen LogP contribution in [0.1, 0.15) is 19.4 Å². The fourth-order valence-electron chi connectivity index (χ4n) is 2.06. The van der Waals surface area contributed by atoms with E-state index in [9.17, 15) is 4.79 Å². The monoisotopic (exact) mass is 296 g/mol. The summed E-state index contributed by atoms with van der Waals surface area (Å²) in [5.74, 6) is 0.197. The fraction of sp³-hybridized carbons (Fsp3) is 0.462. The van der Waals surface area contributed by atoms with Crippen molar-refractivity contribution in [2.75, 3.05) is 11.4 Å². The molecule has 0 aromatic heterocycles. The van der Waals surface area contributed by atoms with Gasteiger partial charge in [0, 0.05) is 16.7 Å². The van der Waals surface area contributed by atoms with Gasteiger partial charge in [-0.25, -0.2) is 0 Å². The van der Waals surface area contributed by atoms with Crippen molar-refractivity contribution in [3.05, 3.63) is 28.2 Å². The number of nitrogens with two attached hydrogens (primary N) is 1. The lowest BCUT2D eigenvalue weighted by atomic mass is 10.0. The Labute approximate surface area is 110 Å². The highest BCUT2D eigenvalue weighted by Gasteiger charge is 2.29. The zero-order valence-corrected chi connectivity index (χ0v) is 11.7. The number of hydrogen-bond acceptors (Lipinski definition) is 2. The lowest BCUT2D eigenvalue weighted by molar-refractivity contribution is -0.120. The van der Waals surface area contributed by atoms with Gasteiger partial charge in [-0.2, -0.15) is 0 Å². The van der Waals surface area contributed by atoms with Crippen molar-refractivity contribution in [1.82, 2.24) is 0 Å². The lowest BCUT2D eigenvalue weighted by Crippen LogP contribution is -2.46. The molecule has 0 saturated heterocycles. The number of benzene rings is 1. The van der Waals surface area contributed by atoms with Gasteiger partial charge in [0.05, 0.1) is 6.04 Å². The van der Waals surface area contributed by atoms with Crippen LogP contribution in [0.4, 0.5) is 5.69 Å². The summed E-state index contributed by atoms with van der Waals surface area (Å²) in [6, 6.07) is 5.61. The first-order valence-corrected chi connectivity index (χ1v) is 6.65. The van der Waals surface area contributed by atoms with Gasteiger partial charge in [0.15, 0.2) is 0 Å². The number of anilines is 1. The van der Waals surface area contributed by atoms with Crippen LogP contribution in [-0.2, 0) is 11.2 Å². The van der Waals surface area contributed by atoms with Crippen LogP contribution >= 0.6 is 15.9 Å². The number of nitrogens with zero attached hydrogens (tertiary/aromatic N) is 1. The Morgan fingerprint density at radius 1 is 1.47 bits per heavy atom. The summed E-state index contributed by atoms with van der Waals surface area (Å²) in [6.45, 7) is 4.69. The largest absolute Gasteiger partial charge is 0.320 e. The molecular formula is C13H17BrN2O. The minimum Gasteiger partial charge on any atom is -0.320 e. The van der Waals surface area contributed by atoms with E-state index in [0.29, 0.717) is 0 Å². The molecule has 0 saturated carbocycles. The average Bonchev–Trinajstić information content (AvgIpc) is 2.69. The predicted molar refractivity (Wildman–Crippen MR) is 73.0 cm³/mol. The van der Waals surface area contributed by atoms with E-state index in [4.69, 9.17) is 5.73 Å². The fourth-order valence-corrected chi connectivity index (χ4v) is 2.47. The molecule has 92 valence electrons. The summed E-state index contributed by atoms with van der Waals surface area (Å²) >= 11 is 3.45. The van der Waals surface area contributed by atoms with Crippen molar-refractivity contribution < 1.29 is 4.79 Å². The second-order valence-corrected chi connectivity index (χ2v) is 5.70. The number of halogens is 1. The summed E-state index contributed by atoms with van der Waals surface area (Å²) in [7, 11) is 0. The second-order valence-electron chi connectivity index (χ2n) is 4.78. The van der Waals surface area contributed by atoms with Crippen LogP contribution < -0.4 is 10.6 Å². The molecule has 0 unspecified atom stereocenters. The smallest absolute Gasteiger partial charge is 0.244 e. The molecule has 1 amide bonds. The van der Waals surface area contributed by atoms with E-state index in [-0.39, 0.29) is 11.8 Å². The molecule has 0 fully saturated rings. The molecule has 1 aromatic rings. The van der Waals surface area contributed by atoms with E-state index in [2.05, 4.69) is 22.0 Å². The average molecular weight is 297 g/mol. The summed E-state index contributed by atoms with van der Waals surface area (Å²) < 4.78 is 1.05. The van der Waals surface area contributed by atoms with Crippen molar-refractivity contribution >= 4 is 27.5 Å². The van der Waals surface area contributed by atoms with Crippen LogP contribution in [0.15, 0.2) is 22.7 Å². The van der Waals surface area contributed by atoms with Crippen molar-refractivity contribution in [3.63, 3.8) is 0 Å². The molecule has 0 spiro atoms. The third-order valence-corrected chi connectivity index (χ3v) is 3.70. The zero-order chi connectivity index (χ0) is 12.6. The Bertz CT molecular complexity index is 445. The van der Waals surface area contributed by atoms with E-state index in [1.54, 1.807) is 0 Å². The molecule has 4 heteroatoms. The van der Waals surface area contributed by atoms with E-state index in [0.717, 1.165) is 23.1 Å².